The molecule has 0 aromatic heterocycles. The number of hydrogen-bond donors (Lipinski definition) is 0. The molecule has 1 aliphatic carbocycles. The Morgan fingerprint density at radius 3 is 2.17 bits per heavy atom. The first-order valence-electron chi connectivity index (χ1n) is 7.67. The van der Waals surface area contributed by atoms with Crippen LogP contribution in [-0.4, -0.2) is 6.61 Å². The minimum absolute atomic E-state index is 0.0127. The van der Waals surface area contributed by atoms with Crippen LogP contribution in [0.5, 0.6) is 5.75 Å². The van der Waals surface area contributed by atoms with Gasteiger partial charge in [0.2, 0.25) is 0 Å². The highest BCUT2D eigenvalue weighted by Gasteiger charge is 2.34. The van der Waals surface area contributed by atoms with Crippen LogP contribution in [0, 0.1) is 17.5 Å². The summed E-state index contributed by atoms with van der Waals surface area (Å²) in [6, 6.07) is 13.5. The van der Waals surface area contributed by atoms with Gasteiger partial charge in [-0.3, -0.25) is 0 Å². The molecule has 0 bridgehead atoms. The van der Waals surface area contributed by atoms with E-state index in [1.54, 1.807) is 49.4 Å². The molecule has 0 aliphatic heterocycles. The third kappa shape index (κ3) is 1.96. The maximum atomic E-state index is 14.6. The molecule has 0 heterocycles. The zero-order chi connectivity index (χ0) is 16.8. The number of benzene rings is 3. The zero-order valence-electron chi connectivity index (χ0n) is 12.9. The second kappa shape index (κ2) is 5.41. The molecule has 0 N–H and O–H groups in total. The molecule has 4 heteroatoms. The molecular formula is C20H13F3O. The van der Waals surface area contributed by atoms with E-state index < -0.39 is 17.5 Å². The lowest BCUT2D eigenvalue weighted by molar-refractivity contribution is 0.322. The van der Waals surface area contributed by atoms with Gasteiger partial charge in [-0.25, -0.2) is 13.2 Å². The van der Waals surface area contributed by atoms with Gasteiger partial charge in [-0.1, -0.05) is 30.3 Å². The van der Waals surface area contributed by atoms with Gasteiger partial charge in [0.1, 0.15) is 0 Å². The highest BCUT2D eigenvalue weighted by atomic mass is 19.2. The van der Waals surface area contributed by atoms with Crippen molar-refractivity contribution in [2.45, 2.75) is 6.92 Å². The first kappa shape index (κ1) is 14.8. The molecule has 1 nitrogen and oxygen atoms in total. The fourth-order valence-corrected chi connectivity index (χ4v) is 3.14. The lowest BCUT2D eigenvalue weighted by Gasteiger charge is -2.27. The van der Waals surface area contributed by atoms with Crippen molar-refractivity contribution >= 4 is 0 Å². The number of fused-ring (bicyclic) bond motifs is 4. The summed E-state index contributed by atoms with van der Waals surface area (Å²) in [5.74, 6) is -2.58. The van der Waals surface area contributed by atoms with E-state index in [4.69, 9.17) is 4.74 Å². The Labute approximate surface area is 137 Å². The molecule has 0 radical (unpaired) electrons. The molecule has 3 aromatic carbocycles. The average Bonchev–Trinajstić information content (AvgIpc) is 2.58. The summed E-state index contributed by atoms with van der Waals surface area (Å²) >= 11 is 0. The monoisotopic (exact) mass is 326 g/mol. The molecule has 0 saturated carbocycles. The maximum Gasteiger partial charge on any atom is 0.173 e. The van der Waals surface area contributed by atoms with Gasteiger partial charge in [-0.05, 0) is 41.8 Å². The van der Waals surface area contributed by atoms with Gasteiger partial charge in [0.05, 0.1) is 6.61 Å². The van der Waals surface area contributed by atoms with E-state index in [1.165, 1.54) is 6.07 Å². The van der Waals surface area contributed by atoms with Crippen molar-refractivity contribution < 1.29 is 17.9 Å². The lowest BCUT2D eigenvalue weighted by atomic mass is 9.78. The van der Waals surface area contributed by atoms with Crippen LogP contribution in [0.1, 0.15) is 6.92 Å². The fourth-order valence-electron chi connectivity index (χ4n) is 3.14. The van der Waals surface area contributed by atoms with Crippen LogP contribution in [0.3, 0.4) is 0 Å². The van der Waals surface area contributed by atoms with E-state index in [0.29, 0.717) is 23.3 Å². The van der Waals surface area contributed by atoms with Crippen LogP contribution in [0.4, 0.5) is 13.2 Å². The average molecular weight is 326 g/mol. The third-order valence-electron chi connectivity index (χ3n) is 4.24. The third-order valence-corrected chi connectivity index (χ3v) is 4.24. The van der Waals surface area contributed by atoms with Crippen molar-refractivity contribution in [2.75, 3.05) is 6.61 Å². The van der Waals surface area contributed by atoms with Crippen LogP contribution < -0.4 is 4.74 Å². The molecule has 1 aliphatic rings. The van der Waals surface area contributed by atoms with Crippen LogP contribution >= 0.6 is 0 Å². The molecule has 0 spiro atoms. The molecule has 0 atom stereocenters. The topological polar surface area (TPSA) is 9.23 Å². The van der Waals surface area contributed by atoms with E-state index in [-0.39, 0.29) is 22.4 Å². The summed E-state index contributed by atoms with van der Waals surface area (Å²) in [6.45, 7) is 2.03. The summed E-state index contributed by atoms with van der Waals surface area (Å²) in [7, 11) is 0. The van der Waals surface area contributed by atoms with Crippen molar-refractivity contribution in [2.24, 2.45) is 0 Å². The quantitative estimate of drug-likeness (QED) is 0.461. The summed E-state index contributed by atoms with van der Waals surface area (Å²) < 4.78 is 48.8. The van der Waals surface area contributed by atoms with Crippen molar-refractivity contribution in [3.05, 3.63) is 66.0 Å². The highest BCUT2D eigenvalue weighted by Crippen LogP contribution is 2.53. The molecule has 3 aromatic rings. The van der Waals surface area contributed by atoms with Crippen molar-refractivity contribution in [1.82, 2.24) is 0 Å². The Kier molecular flexibility index (Phi) is 3.34. The molecule has 0 unspecified atom stereocenters. The van der Waals surface area contributed by atoms with Gasteiger partial charge in [-0.15, -0.1) is 0 Å². The summed E-state index contributed by atoms with van der Waals surface area (Å²) in [4.78, 5) is 0. The predicted octanol–water partition coefficient (Wildman–Crippen LogP) is 5.82. The summed E-state index contributed by atoms with van der Waals surface area (Å²) in [5, 5.41) is 0. The zero-order valence-corrected chi connectivity index (χ0v) is 12.9. The second-order valence-electron chi connectivity index (χ2n) is 5.57. The standard InChI is InChI=1S/C20H13F3O/c1-2-24-15-9-8-12-14-10-13(11-6-4-3-5-7-11)18(21)20(23)17(14)16(12)19(15)22/h3-10H,2H2,1H3. The first-order valence-corrected chi connectivity index (χ1v) is 7.67. The fraction of sp³-hybridized carbons (Fsp3) is 0.100. The second-order valence-corrected chi connectivity index (χ2v) is 5.57. The van der Waals surface area contributed by atoms with Gasteiger partial charge < -0.3 is 4.74 Å². The van der Waals surface area contributed by atoms with E-state index in [2.05, 4.69) is 0 Å². The van der Waals surface area contributed by atoms with E-state index >= 15 is 0 Å². The molecule has 120 valence electrons. The molecule has 24 heavy (non-hydrogen) atoms. The van der Waals surface area contributed by atoms with Crippen LogP contribution in [0.15, 0.2) is 48.5 Å². The Hall–Kier alpha value is -2.75. The smallest absolute Gasteiger partial charge is 0.173 e. The Morgan fingerprint density at radius 1 is 0.750 bits per heavy atom. The molecule has 0 fully saturated rings. The lowest BCUT2D eigenvalue weighted by Crippen LogP contribution is -2.09. The Morgan fingerprint density at radius 2 is 1.46 bits per heavy atom. The van der Waals surface area contributed by atoms with Crippen molar-refractivity contribution in [1.29, 1.82) is 0 Å². The normalized spacial score (nSPS) is 11.5. The van der Waals surface area contributed by atoms with Gasteiger partial charge in [0.15, 0.2) is 23.2 Å². The molecule has 4 rings (SSSR count). The predicted molar refractivity (Wildman–Crippen MR) is 87.4 cm³/mol. The molecule has 0 amide bonds. The number of hydrogen-bond acceptors (Lipinski definition) is 1. The van der Waals surface area contributed by atoms with E-state index in [1.807, 2.05) is 0 Å². The minimum atomic E-state index is -1.02. The van der Waals surface area contributed by atoms with Gasteiger partial charge in [-0.2, -0.15) is 0 Å². The van der Waals surface area contributed by atoms with Gasteiger partial charge in [0.25, 0.3) is 0 Å². The number of halogens is 3. The summed E-state index contributed by atoms with van der Waals surface area (Å²) in [5.41, 5.74) is 1.92. The van der Waals surface area contributed by atoms with E-state index in [9.17, 15) is 13.2 Å². The van der Waals surface area contributed by atoms with Crippen molar-refractivity contribution in [3.63, 3.8) is 0 Å². The largest absolute Gasteiger partial charge is 0.491 e. The van der Waals surface area contributed by atoms with E-state index in [0.717, 1.165) is 0 Å². The highest BCUT2D eigenvalue weighted by molar-refractivity contribution is 6.05. The Bertz CT molecular complexity index is 949. The SMILES string of the molecule is CCOc1ccc2c(c1F)-c1c-2cc(-c2ccccc2)c(F)c1F. The summed E-state index contributed by atoms with van der Waals surface area (Å²) in [6.07, 6.45) is 0. The minimum Gasteiger partial charge on any atom is -0.491 e. The first-order chi connectivity index (χ1) is 11.6. The maximum absolute atomic E-state index is 14.6. The van der Waals surface area contributed by atoms with Crippen LogP contribution in [0.2, 0.25) is 0 Å². The van der Waals surface area contributed by atoms with Gasteiger partial charge >= 0.3 is 0 Å². The number of ether oxygens (including phenoxy) is 1. The Balaban J connectivity index is 1.91. The molecule has 0 saturated heterocycles. The van der Waals surface area contributed by atoms with Crippen LogP contribution in [0.25, 0.3) is 33.4 Å². The van der Waals surface area contributed by atoms with Crippen molar-refractivity contribution in [3.8, 4) is 39.1 Å². The van der Waals surface area contributed by atoms with Crippen LogP contribution in [-0.2, 0) is 0 Å². The van der Waals surface area contributed by atoms with Gasteiger partial charge in [0, 0.05) is 16.7 Å². The molecular weight excluding hydrogens is 313 g/mol. The number of rotatable bonds is 3.